The summed E-state index contributed by atoms with van der Waals surface area (Å²) in [6, 6.07) is 14.5. The van der Waals surface area contributed by atoms with Crippen LogP contribution in [-0.2, 0) is 11.2 Å². The summed E-state index contributed by atoms with van der Waals surface area (Å²) in [7, 11) is 0. The molecule has 30 heavy (non-hydrogen) atoms. The van der Waals surface area contributed by atoms with Gasteiger partial charge in [-0.1, -0.05) is 18.2 Å². The average Bonchev–Trinajstić information content (AvgIpc) is 3.20. The Kier molecular flexibility index (Phi) is 7.19. The molecule has 1 unspecified atom stereocenters. The first kappa shape index (κ1) is 21.5. The van der Waals surface area contributed by atoms with Crippen LogP contribution in [0.15, 0.2) is 48.5 Å². The molecule has 0 bridgehead atoms. The van der Waals surface area contributed by atoms with Crippen molar-refractivity contribution in [3.63, 3.8) is 0 Å². The Morgan fingerprint density at radius 2 is 1.87 bits per heavy atom. The second-order valence-corrected chi connectivity index (χ2v) is 7.55. The van der Waals surface area contributed by atoms with E-state index in [1.54, 1.807) is 36.4 Å². The SMILES string of the molecule is CC(=O)Nc1cccc(C(=O)N2CCC(Cc3ccc(C(=O)NCCO)cc3)C2)c1. The number of benzene rings is 2. The van der Waals surface area contributed by atoms with Crippen molar-refractivity contribution in [3.05, 3.63) is 65.2 Å². The molecule has 0 spiro atoms. The Balaban J connectivity index is 1.56. The largest absolute Gasteiger partial charge is 0.395 e. The molecule has 0 aliphatic carbocycles. The summed E-state index contributed by atoms with van der Waals surface area (Å²) in [6.45, 7) is 2.98. The highest BCUT2D eigenvalue weighted by Crippen LogP contribution is 2.23. The highest BCUT2D eigenvalue weighted by atomic mass is 16.3. The van der Waals surface area contributed by atoms with Crippen LogP contribution in [0.5, 0.6) is 0 Å². The summed E-state index contributed by atoms with van der Waals surface area (Å²) < 4.78 is 0. The molecule has 1 aliphatic rings. The van der Waals surface area contributed by atoms with Gasteiger partial charge < -0.3 is 20.6 Å². The van der Waals surface area contributed by atoms with Crippen molar-refractivity contribution < 1.29 is 19.5 Å². The van der Waals surface area contributed by atoms with Gasteiger partial charge in [0, 0.05) is 43.4 Å². The van der Waals surface area contributed by atoms with Crippen LogP contribution in [0.2, 0.25) is 0 Å². The first-order chi connectivity index (χ1) is 14.5. The van der Waals surface area contributed by atoms with Gasteiger partial charge >= 0.3 is 0 Å². The third-order valence-corrected chi connectivity index (χ3v) is 5.14. The zero-order valence-corrected chi connectivity index (χ0v) is 17.1. The predicted molar refractivity (Wildman–Crippen MR) is 114 cm³/mol. The van der Waals surface area contributed by atoms with E-state index in [0.717, 1.165) is 18.4 Å². The van der Waals surface area contributed by atoms with Crippen LogP contribution in [0.1, 0.15) is 39.6 Å². The fourth-order valence-electron chi connectivity index (χ4n) is 3.70. The first-order valence-electron chi connectivity index (χ1n) is 10.1. The van der Waals surface area contributed by atoms with Crippen LogP contribution in [0.3, 0.4) is 0 Å². The van der Waals surface area contributed by atoms with Gasteiger partial charge in [-0.2, -0.15) is 0 Å². The minimum absolute atomic E-state index is 0.0272. The maximum absolute atomic E-state index is 12.8. The number of carbonyl (C=O) groups is 3. The lowest BCUT2D eigenvalue weighted by atomic mass is 9.98. The Morgan fingerprint density at radius 1 is 1.10 bits per heavy atom. The second kappa shape index (κ2) is 10.0. The van der Waals surface area contributed by atoms with Crippen LogP contribution < -0.4 is 10.6 Å². The molecule has 1 fully saturated rings. The number of likely N-dealkylation sites (tertiary alicyclic amines) is 1. The lowest BCUT2D eigenvalue weighted by molar-refractivity contribution is -0.114. The van der Waals surface area contributed by atoms with Crippen molar-refractivity contribution in [2.24, 2.45) is 5.92 Å². The molecule has 7 heteroatoms. The third kappa shape index (κ3) is 5.67. The number of hydrogen-bond donors (Lipinski definition) is 3. The van der Waals surface area contributed by atoms with Crippen molar-refractivity contribution in [2.45, 2.75) is 19.8 Å². The number of aliphatic hydroxyl groups is 1. The predicted octanol–water partition coefficient (Wildman–Crippen LogP) is 2.07. The molecule has 1 saturated heterocycles. The molecule has 3 N–H and O–H groups in total. The molecule has 2 aromatic carbocycles. The molecule has 1 atom stereocenters. The Labute approximate surface area is 176 Å². The lowest BCUT2D eigenvalue weighted by Gasteiger charge is -2.17. The van der Waals surface area contributed by atoms with E-state index < -0.39 is 0 Å². The number of nitrogens with one attached hydrogen (secondary N) is 2. The van der Waals surface area contributed by atoms with Gasteiger partial charge in [0.15, 0.2) is 0 Å². The molecular weight excluding hydrogens is 382 g/mol. The van der Waals surface area contributed by atoms with Gasteiger partial charge in [0.1, 0.15) is 0 Å². The van der Waals surface area contributed by atoms with Crippen molar-refractivity contribution in [1.29, 1.82) is 0 Å². The quantitative estimate of drug-likeness (QED) is 0.652. The van der Waals surface area contributed by atoms with E-state index in [9.17, 15) is 14.4 Å². The molecule has 1 heterocycles. The zero-order valence-electron chi connectivity index (χ0n) is 17.1. The van der Waals surface area contributed by atoms with Crippen molar-refractivity contribution in [1.82, 2.24) is 10.2 Å². The van der Waals surface area contributed by atoms with Gasteiger partial charge in [-0.05, 0) is 54.7 Å². The maximum atomic E-state index is 12.8. The zero-order chi connectivity index (χ0) is 21.5. The third-order valence-electron chi connectivity index (χ3n) is 5.14. The van der Waals surface area contributed by atoms with Gasteiger partial charge in [-0.3, -0.25) is 14.4 Å². The lowest BCUT2D eigenvalue weighted by Crippen LogP contribution is -2.29. The molecule has 7 nitrogen and oxygen atoms in total. The summed E-state index contributed by atoms with van der Waals surface area (Å²) >= 11 is 0. The van der Waals surface area contributed by atoms with Crippen LogP contribution in [-0.4, -0.2) is 54.0 Å². The Bertz CT molecular complexity index is 911. The standard InChI is InChI=1S/C23H27N3O4/c1-16(28)25-21-4-2-3-20(14-21)23(30)26-11-9-18(15-26)13-17-5-7-19(8-6-17)22(29)24-10-12-27/h2-8,14,18,27H,9-13,15H2,1H3,(H,24,29)(H,25,28). The second-order valence-electron chi connectivity index (χ2n) is 7.55. The minimum Gasteiger partial charge on any atom is -0.395 e. The fraction of sp³-hybridized carbons (Fsp3) is 0.348. The number of aliphatic hydroxyl groups excluding tert-OH is 1. The molecule has 0 saturated carbocycles. The summed E-state index contributed by atoms with van der Waals surface area (Å²) in [5.74, 6) is -0.0328. The molecule has 0 aromatic heterocycles. The normalized spacial score (nSPS) is 15.7. The monoisotopic (exact) mass is 409 g/mol. The first-order valence-corrected chi connectivity index (χ1v) is 10.1. The summed E-state index contributed by atoms with van der Waals surface area (Å²) in [5.41, 5.74) is 2.88. The minimum atomic E-state index is -0.199. The number of hydrogen-bond acceptors (Lipinski definition) is 4. The summed E-state index contributed by atoms with van der Waals surface area (Å²) in [4.78, 5) is 37.8. The Morgan fingerprint density at radius 3 is 2.57 bits per heavy atom. The molecule has 0 radical (unpaired) electrons. The van der Waals surface area contributed by atoms with Crippen molar-refractivity contribution >= 4 is 23.4 Å². The van der Waals surface area contributed by atoms with E-state index in [1.807, 2.05) is 17.0 Å². The van der Waals surface area contributed by atoms with Crippen molar-refractivity contribution in [3.8, 4) is 0 Å². The van der Waals surface area contributed by atoms with Gasteiger partial charge in [-0.25, -0.2) is 0 Å². The van der Waals surface area contributed by atoms with E-state index in [2.05, 4.69) is 10.6 Å². The van der Waals surface area contributed by atoms with Gasteiger partial charge in [0.25, 0.3) is 11.8 Å². The fourth-order valence-corrected chi connectivity index (χ4v) is 3.70. The number of rotatable bonds is 7. The molecule has 3 amide bonds. The number of amides is 3. The van der Waals surface area contributed by atoms with Gasteiger partial charge in [0.2, 0.25) is 5.91 Å². The van der Waals surface area contributed by atoms with Crippen LogP contribution >= 0.6 is 0 Å². The highest BCUT2D eigenvalue weighted by Gasteiger charge is 2.27. The molecular formula is C23H27N3O4. The maximum Gasteiger partial charge on any atom is 0.253 e. The molecule has 2 aromatic rings. The topological polar surface area (TPSA) is 98.7 Å². The molecule has 158 valence electrons. The molecule has 1 aliphatic heterocycles. The van der Waals surface area contributed by atoms with E-state index in [1.165, 1.54) is 6.92 Å². The highest BCUT2D eigenvalue weighted by molar-refractivity contribution is 5.97. The van der Waals surface area contributed by atoms with E-state index in [4.69, 9.17) is 5.11 Å². The van der Waals surface area contributed by atoms with Gasteiger partial charge in [0.05, 0.1) is 6.61 Å². The molecule has 3 rings (SSSR count). The van der Waals surface area contributed by atoms with Crippen LogP contribution in [0.25, 0.3) is 0 Å². The Hall–Kier alpha value is -3.19. The van der Waals surface area contributed by atoms with Crippen molar-refractivity contribution in [2.75, 3.05) is 31.6 Å². The smallest absolute Gasteiger partial charge is 0.253 e. The summed E-state index contributed by atoms with van der Waals surface area (Å²) in [6.07, 6.45) is 1.77. The number of carbonyl (C=O) groups excluding carboxylic acids is 3. The van der Waals surface area contributed by atoms with Crippen LogP contribution in [0, 0.1) is 5.92 Å². The average molecular weight is 409 g/mol. The van der Waals surface area contributed by atoms with Crippen LogP contribution in [0.4, 0.5) is 5.69 Å². The number of nitrogens with zero attached hydrogens (tertiary/aromatic N) is 1. The van der Waals surface area contributed by atoms with Gasteiger partial charge in [-0.15, -0.1) is 0 Å². The summed E-state index contributed by atoms with van der Waals surface area (Å²) in [5, 5.41) is 14.1. The van der Waals surface area contributed by atoms with E-state index in [-0.39, 0.29) is 30.9 Å². The number of anilines is 1. The van der Waals surface area contributed by atoms with E-state index >= 15 is 0 Å². The van der Waals surface area contributed by atoms with E-state index in [0.29, 0.717) is 35.8 Å².